The number of para-hydroxylation sites is 1. The SMILES string of the molecule is CCCOC(=O)[C@H](C)NP(=O)(Cc1ccc2sc(C(=O)N[C@H]3CCC[C@H]4CC[C@@H](C(=O)N5CC(c6cnccc6N(C)C)C5)N4C3=O)cc2c1)Oc1ccccc1. The summed E-state index contributed by atoms with van der Waals surface area (Å²) in [4.78, 5) is 64.8. The first-order valence-electron chi connectivity index (χ1n) is 19.8. The fraction of sp³-hybridized carbons (Fsp3) is 0.452. The Bertz CT molecular complexity index is 2160. The number of carbonyl (C=O) groups excluding carboxylic acids is 4. The second kappa shape index (κ2) is 17.4. The fourth-order valence-corrected chi connectivity index (χ4v) is 11.1. The molecule has 13 nitrogen and oxygen atoms in total. The monoisotopic (exact) mass is 814 g/mol. The van der Waals surface area contributed by atoms with E-state index in [1.165, 1.54) is 11.3 Å². The van der Waals surface area contributed by atoms with Gasteiger partial charge in [0, 0.05) is 67.5 Å². The van der Waals surface area contributed by atoms with Crippen molar-refractivity contribution in [3.63, 3.8) is 0 Å². The van der Waals surface area contributed by atoms with Crippen molar-refractivity contribution in [2.24, 2.45) is 0 Å². The predicted octanol–water partition coefficient (Wildman–Crippen LogP) is 6.33. The number of fused-ring (bicyclic) bond motifs is 2. The van der Waals surface area contributed by atoms with Crippen LogP contribution in [0.1, 0.15) is 79.1 Å². The van der Waals surface area contributed by atoms with Gasteiger partial charge in [-0.3, -0.25) is 28.7 Å². The molecule has 3 aliphatic rings. The third-order valence-electron chi connectivity index (χ3n) is 11.0. The van der Waals surface area contributed by atoms with E-state index in [-0.39, 0.29) is 42.5 Å². The van der Waals surface area contributed by atoms with Crippen molar-refractivity contribution in [3.05, 3.63) is 89.1 Å². The summed E-state index contributed by atoms with van der Waals surface area (Å²) < 4.78 is 26.4. The summed E-state index contributed by atoms with van der Waals surface area (Å²) >= 11 is 1.31. The van der Waals surface area contributed by atoms with E-state index in [0.717, 1.165) is 40.6 Å². The number of pyridine rings is 1. The van der Waals surface area contributed by atoms with E-state index < -0.39 is 31.6 Å². The zero-order valence-electron chi connectivity index (χ0n) is 32.9. The van der Waals surface area contributed by atoms with Crippen molar-refractivity contribution in [2.45, 2.75) is 88.6 Å². The van der Waals surface area contributed by atoms with Gasteiger partial charge in [0.05, 0.1) is 17.6 Å². The molecule has 2 aromatic heterocycles. The Morgan fingerprint density at radius 3 is 2.58 bits per heavy atom. The Kier molecular flexibility index (Phi) is 12.3. The van der Waals surface area contributed by atoms with Crippen LogP contribution in [0, 0.1) is 0 Å². The predicted molar refractivity (Wildman–Crippen MR) is 221 cm³/mol. The van der Waals surface area contributed by atoms with Crippen molar-refractivity contribution >= 4 is 58.3 Å². The quantitative estimate of drug-likeness (QED) is 0.109. The molecule has 4 aromatic rings. The van der Waals surface area contributed by atoms with Crippen molar-refractivity contribution < 1.29 is 33.0 Å². The number of rotatable bonds is 14. The molecule has 0 aliphatic carbocycles. The van der Waals surface area contributed by atoms with Gasteiger partial charge >= 0.3 is 13.5 Å². The van der Waals surface area contributed by atoms with Gasteiger partial charge in [-0.25, -0.2) is 5.09 Å². The number of amides is 3. The number of carbonyl (C=O) groups is 4. The highest BCUT2D eigenvalue weighted by molar-refractivity contribution is 7.56. The molecule has 0 spiro atoms. The van der Waals surface area contributed by atoms with Crippen LogP contribution in [0.4, 0.5) is 5.69 Å². The molecule has 3 fully saturated rings. The molecule has 7 rings (SSSR count). The molecule has 0 saturated carbocycles. The van der Waals surface area contributed by atoms with E-state index >= 15 is 0 Å². The average Bonchev–Trinajstić information content (AvgIpc) is 3.77. The molecule has 3 amide bonds. The normalized spacial score (nSPS) is 21.2. The zero-order chi connectivity index (χ0) is 40.3. The smallest absolute Gasteiger partial charge is 0.323 e. The number of ether oxygens (including phenoxy) is 1. The largest absolute Gasteiger partial charge is 0.465 e. The summed E-state index contributed by atoms with van der Waals surface area (Å²) in [7, 11) is 0.315. The van der Waals surface area contributed by atoms with Gasteiger partial charge < -0.3 is 29.3 Å². The van der Waals surface area contributed by atoms with E-state index in [1.54, 1.807) is 48.4 Å². The van der Waals surface area contributed by atoms with Crippen LogP contribution in [0.25, 0.3) is 10.1 Å². The van der Waals surface area contributed by atoms with Crippen LogP contribution in [0.15, 0.2) is 73.1 Å². The maximum Gasteiger partial charge on any atom is 0.323 e. The first-order valence-corrected chi connectivity index (χ1v) is 22.4. The minimum Gasteiger partial charge on any atom is -0.465 e. The average molecular weight is 815 g/mol. The van der Waals surface area contributed by atoms with Crippen LogP contribution in [0.3, 0.4) is 0 Å². The lowest BCUT2D eigenvalue weighted by molar-refractivity contribution is -0.148. The number of anilines is 1. The third-order valence-corrected chi connectivity index (χ3v) is 14.2. The van der Waals surface area contributed by atoms with Gasteiger partial charge in [0.15, 0.2) is 0 Å². The van der Waals surface area contributed by atoms with Gasteiger partial charge in [-0.1, -0.05) is 31.2 Å². The number of hydrogen-bond acceptors (Lipinski definition) is 10. The molecular weight excluding hydrogens is 764 g/mol. The van der Waals surface area contributed by atoms with Crippen LogP contribution in [-0.4, -0.2) is 96.4 Å². The first-order chi connectivity index (χ1) is 27.4. The molecule has 5 heterocycles. The van der Waals surface area contributed by atoms with E-state index in [1.807, 2.05) is 62.4 Å². The van der Waals surface area contributed by atoms with E-state index in [4.69, 9.17) is 9.26 Å². The fourth-order valence-electron chi connectivity index (χ4n) is 8.13. The second-order valence-corrected chi connectivity index (χ2v) is 18.6. The van der Waals surface area contributed by atoms with Crippen molar-refractivity contribution in [1.82, 2.24) is 25.2 Å². The number of hydrogen-bond donors (Lipinski definition) is 2. The molecule has 5 atom stereocenters. The molecule has 1 unspecified atom stereocenters. The number of esters is 1. The molecular formula is C42H51N6O7PS. The van der Waals surface area contributed by atoms with E-state index in [9.17, 15) is 23.7 Å². The number of benzene rings is 2. The highest BCUT2D eigenvalue weighted by Crippen LogP contribution is 2.47. The van der Waals surface area contributed by atoms with Crippen LogP contribution in [0.2, 0.25) is 0 Å². The Morgan fingerprint density at radius 2 is 1.82 bits per heavy atom. The Balaban J connectivity index is 1.02. The van der Waals surface area contributed by atoms with Gasteiger partial charge in [-0.2, -0.15) is 0 Å². The third kappa shape index (κ3) is 9.03. The molecule has 3 aliphatic heterocycles. The maximum absolute atomic E-state index is 14.3. The number of likely N-dealkylation sites (tertiary alicyclic amines) is 1. The summed E-state index contributed by atoms with van der Waals surface area (Å²) in [5.74, 6) is -0.499. The number of nitrogens with zero attached hydrogens (tertiary/aromatic N) is 4. The Morgan fingerprint density at radius 1 is 1.04 bits per heavy atom. The van der Waals surface area contributed by atoms with Gasteiger partial charge in [0.1, 0.15) is 23.9 Å². The molecule has 0 bridgehead atoms. The lowest BCUT2D eigenvalue weighted by Crippen LogP contribution is -2.58. The minimum atomic E-state index is -3.68. The van der Waals surface area contributed by atoms with Gasteiger partial charge in [0.25, 0.3) is 5.91 Å². The van der Waals surface area contributed by atoms with Crippen LogP contribution < -0.4 is 19.8 Å². The molecule has 0 radical (unpaired) electrons. The first kappa shape index (κ1) is 40.4. The molecule has 15 heteroatoms. The van der Waals surface area contributed by atoms with Crippen LogP contribution >= 0.6 is 18.9 Å². The summed E-state index contributed by atoms with van der Waals surface area (Å²) in [6.45, 7) is 4.93. The number of nitrogens with one attached hydrogen (secondary N) is 2. The zero-order valence-corrected chi connectivity index (χ0v) is 34.6. The highest BCUT2D eigenvalue weighted by Gasteiger charge is 2.48. The second-order valence-electron chi connectivity index (χ2n) is 15.5. The summed E-state index contributed by atoms with van der Waals surface area (Å²) in [5, 5.41) is 6.70. The van der Waals surface area contributed by atoms with E-state index in [0.29, 0.717) is 48.5 Å². The topological polar surface area (TPSA) is 150 Å². The minimum absolute atomic E-state index is 0.0202. The number of aromatic nitrogens is 1. The summed E-state index contributed by atoms with van der Waals surface area (Å²) in [5.41, 5.74) is 2.90. The highest BCUT2D eigenvalue weighted by atomic mass is 32.1. The molecule has 2 aromatic carbocycles. The molecule has 2 N–H and O–H groups in total. The summed E-state index contributed by atoms with van der Waals surface area (Å²) in [6, 6.07) is 16.0. The lowest BCUT2D eigenvalue weighted by atomic mass is 9.90. The van der Waals surface area contributed by atoms with Crippen LogP contribution in [0.5, 0.6) is 5.75 Å². The Hall–Kier alpha value is -4.78. The Labute approximate surface area is 337 Å². The van der Waals surface area contributed by atoms with Gasteiger partial charge in [-0.05, 0) is 92.8 Å². The summed E-state index contributed by atoms with van der Waals surface area (Å²) in [6.07, 6.45) is 7.75. The standard InChI is InChI=1S/C42H51N6O7PS/c1-5-20-54-42(52)27(2)45-56(53,55-32-11-7-6-8-12-32)26-28-14-17-37-29(21-28)22-38(57-37)39(49)44-34-13-9-10-31-15-16-36(48(31)40(34)50)41(51)47-24-30(25-47)33-23-43-19-18-35(33)46(3)4/h6-8,11-12,14,17-19,21-23,27,30-31,34,36H,5,9-10,13,15-16,20,24-26H2,1-4H3,(H,44,49)(H,45,53)/t27-,31-,34-,36-,56?/m0/s1. The number of thiophene rings is 1. The molecule has 57 heavy (non-hydrogen) atoms. The van der Waals surface area contributed by atoms with Crippen molar-refractivity contribution in [2.75, 3.05) is 38.7 Å². The molecule has 302 valence electrons. The van der Waals surface area contributed by atoms with Gasteiger partial charge in [0.2, 0.25) is 11.8 Å². The van der Waals surface area contributed by atoms with Crippen molar-refractivity contribution in [3.8, 4) is 5.75 Å². The van der Waals surface area contributed by atoms with Crippen LogP contribution in [-0.2, 0) is 29.8 Å². The molecule has 3 saturated heterocycles. The lowest BCUT2D eigenvalue weighted by Gasteiger charge is -2.43. The van der Waals surface area contributed by atoms with E-state index in [2.05, 4.69) is 20.3 Å². The maximum atomic E-state index is 14.3. The van der Waals surface area contributed by atoms with Gasteiger partial charge in [-0.15, -0.1) is 11.3 Å². The van der Waals surface area contributed by atoms with Crippen molar-refractivity contribution in [1.29, 1.82) is 0 Å².